The molecule has 0 saturated heterocycles. The van der Waals surface area contributed by atoms with E-state index in [2.05, 4.69) is 30.4 Å². The minimum atomic E-state index is 0.448. The molecule has 1 aromatic rings. The molecule has 1 rings (SSSR count). The van der Waals surface area contributed by atoms with E-state index >= 15 is 0 Å². The summed E-state index contributed by atoms with van der Waals surface area (Å²) in [4.78, 5) is 8.30. The largest absolute Gasteiger partial charge is 0.291 e. The SMILES string of the molecule is C=C/C(=C\n1ccnc1/N=C/C)C(C)C. The number of hydrogen-bond acceptors (Lipinski definition) is 2. The molecular formula is C12H17N3. The Morgan fingerprint density at radius 3 is 2.87 bits per heavy atom. The van der Waals surface area contributed by atoms with Gasteiger partial charge in [-0.3, -0.25) is 4.57 Å². The minimum Gasteiger partial charge on any atom is -0.291 e. The van der Waals surface area contributed by atoms with E-state index in [-0.39, 0.29) is 0 Å². The van der Waals surface area contributed by atoms with Gasteiger partial charge in [0.1, 0.15) is 0 Å². The maximum Gasteiger partial charge on any atom is 0.233 e. The second kappa shape index (κ2) is 5.29. The van der Waals surface area contributed by atoms with Crippen LogP contribution in [0.25, 0.3) is 6.20 Å². The lowest BCUT2D eigenvalue weighted by molar-refractivity contribution is 0.792. The highest BCUT2D eigenvalue weighted by molar-refractivity contribution is 5.58. The van der Waals surface area contributed by atoms with Crippen LogP contribution in [0.2, 0.25) is 0 Å². The van der Waals surface area contributed by atoms with Gasteiger partial charge in [0.2, 0.25) is 5.95 Å². The topological polar surface area (TPSA) is 30.2 Å². The lowest BCUT2D eigenvalue weighted by Crippen LogP contribution is -1.93. The van der Waals surface area contributed by atoms with E-state index in [0.717, 1.165) is 0 Å². The molecular weight excluding hydrogens is 186 g/mol. The van der Waals surface area contributed by atoms with Crippen LogP contribution in [0, 0.1) is 5.92 Å². The summed E-state index contributed by atoms with van der Waals surface area (Å²) < 4.78 is 1.90. The lowest BCUT2D eigenvalue weighted by Gasteiger charge is -2.06. The number of aliphatic imine (C=N–C) groups is 1. The molecule has 0 aliphatic carbocycles. The third-order valence-electron chi connectivity index (χ3n) is 2.08. The Labute approximate surface area is 90.9 Å². The molecule has 0 fully saturated rings. The van der Waals surface area contributed by atoms with Gasteiger partial charge in [0.05, 0.1) is 0 Å². The van der Waals surface area contributed by atoms with Gasteiger partial charge in [-0.1, -0.05) is 26.5 Å². The van der Waals surface area contributed by atoms with Crippen molar-refractivity contribution in [3.05, 3.63) is 30.6 Å². The summed E-state index contributed by atoms with van der Waals surface area (Å²) in [7, 11) is 0. The molecule has 0 N–H and O–H groups in total. The van der Waals surface area contributed by atoms with Crippen molar-refractivity contribution < 1.29 is 0 Å². The van der Waals surface area contributed by atoms with Crippen LogP contribution in [0.15, 0.2) is 35.6 Å². The molecule has 0 aliphatic heterocycles. The van der Waals surface area contributed by atoms with E-state index in [1.807, 2.05) is 30.0 Å². The normalized spacial score (nSPS) is 12.7. The molecule has 0 atom stereocenters. The van der Waals surface area contributed by atoms with Crippen molar-refractivity contribution in [3.8, 4) is 0 Å². The molecule has 0 spiro atoms. The molecule has 1 aromatic heterocycles. The fourth-order valence-corrected chi connectivity index (χ4v) is 1.22. The number of allylic oxidation sites excluding steroid dienone is 2. The standard InChI is InChI=1S/C12H17N3/c1-5-11(10(3)4)9-15-8-7-14-12(15)13-6-2/h5-10H,1H2,2-4H3/b11-9+,13-6+. The first-order chi connectivity index (χ1) is 7.19. The minimum absolute atomic E-state index is 0.448. The van der Waals surface area contributed by atoms with E-state index in [4.69, 9.17) is 0 Å². The molecule has 0 unspecified atom stereocenters. The van der Waals surface area contributed by atoms with Crippen LogP contribution in [0.4, 0.5) is 5.95 Å². The quantitative estimate of drug-likeness (QED) is 0.545. The number of hydrogen-bond donors (Lipinski definition) is 0. The predicted molar refractivity (Wildman–Crippen MR) is 65.4 cm³/mol. The zero-order valence-electron chi connectivity index (χ0n) is 9.51. The van der Waals surface area contributed by atoms with Crippen LogP contribution in [-0.2, 0) is 0 Å². The average molecular weight is 203 g/mol. The van der Waals surface area contributed by atoms with Crippen LogP contribution in [0.3, 0.4) is 0 Å². The summed E-state index contributed by atoms with van der Waals surface area (Å²) in [6, 6.07) is 0. The van der Waals surface area contributed by atoms with Crippen LogP contribution in [0.1, 0.15) is 20.8 Å². The third kappa shape index (κ3) is 2.91. The number of imidazole rings is 1. The summed E-state index contributed by atoms with van der Waals surface area (Å²) in [5, 5.41) is 0. The Bertz CT molecular complexity index is 383. The van der Waals surface area contributed by atoms with E-state index in [9.17, 15) is 0 Å². The maximum atomic E-state index is 4.16. The smallest absolute Gasteiger partial charge is 0.233 e. The molecule has 1 heterocycles. The maximum absolute atomic E-state index is 4.16. The monoisotopic (exact) mass is 203 g/mol. The molecule has 0 aromatic carbocycles. The molecule has 15 heavy (non-hydrogen) atoms. The summed E-state index contributed by atoms with van der Waals surface area (Å²) in [6.45, 7) is 9.94. The van der Waals surface area contributed by atoms with Crippen molar-refractivity contribution in [1.82, 2.24) is 9.55 Å². The molecule has 80 valence electrons. The Morgan fingerprint density at radius 2 is 2.33 bits per heavy atom. The van der Waals surface area contributed by atoms with Gasteiger partial charge >= 0.3 is 0 Å². The van der Waals surface area contributed by atoms with E-state index in [1.165, 1.54) is 5.57 Å². The van der Waals surface area contributed by atoms with E-state index < -0.39 is 0 Å². The highest BCUT2D eigenvalue weighted by atomic mass is 15.1. The fraction of sp³-hybridized carbons (Fsp3) is 0.333. The summed E-state index contributed by atoms with van der Waals surface area (Å²) in [6.07, 6.45) is 9.22. The molecule has 3 heteroatoms. The number of aromatic nitrogens is 2. The van der Waals surface area contributed by atoms with Crippen molar-refractivity contribution in [1.29, 1.82) is 0 Å². The van der Waals surface area contributed by atoms with Gasteiger partial charge in [0.25, 0.3) is 0 Å². The van der Waals surface area contributed by atoms with Crippen LogP contribution in [0.5, 0.6) is 0 Å². The van der Waals surface area contributed by atoms with Crippen molar-refractivity contribution >= 4 is 18.4 Å². The Hall–Kier alpha value is -1.64. The summed E-state index contributed by atoms with van der Waals surface area (Å²) in [5.74, 6) is 1.14. The van der Waals surface area contributed by atoms with Crippen molar-refractivity contribution in [2.45, 2.75) is 20.8 Å². The average Bonchev–Trinajstić information content (AvgIpc) is 2.62. The molecule has 0 amide bonds. The van der Waals surface area contributed by atoms with Crippen LogP contribution < -0.4 is 0 Å². The van der Waals surface area contributed by atoms with Crippen molar-refractivity contribution in [2.24, 2.45) is 10.9 Å². The molecule has 0 bridgehead atoms. The fourth-order valence-electron chi connectivity index (χ4n) is 1.22. The van der Waals surface area contributed by atoms with Gasteiger partial charge in [-0.2, -0.15) is 0 Å². The highest BCUT2D eigenvalue weighted by Crippen LogP contribution is 2.15. The van der Waals surface area contributed by atoms with Crippen LogP contribution >= 0.6 is 0 Å². The second-order valence-corrected chi connectivity index (χ2v) is 3.51. The van der Waals surface area contributed by atoms with Gasteiger partial charge in [0, 0.05) is 24.8 Å². The van der Waals surface area contributed by atoms with Gasteiger partial charge < -0.3 is 0 Å². The Kier molecular flexibility index (Phi) is 4.03. The zero-order chi connectivity index (χ0) is 11.3. The Balaban J connectivity index is 3.05. The molecule has 0 aliphatic rings. The molecule has 3 nitrogen and oxygen atoms in total. The molecule has 0 radical (unpaired) electrons. The van der Waals surface area contributed by atoms with Gasteiger partial charge in [-0.15, -0.1) is 0 Å². The molecule has 0 saturated carbocycles. The third-order valence-corrected chi connectivity index (χ3v) is 2.08. The highest BCUT2D eigenvalue weighted by Gasteiger charge is 2.01. The number of rotatable bonds is 4. The van der Waals surface area contributed by atoms with E-state index in [1.54, 1.807) is 12.4 Å². The Morgan fingerprint density at radius 1 is 1.60 bits per heavy atom. The first-order valence-corrected chi connectivity index (χ1v) is 5.04. The van der Waals surface area contributed by atoms with Crippen molar-refractivity contribution in [3.63, 3.8) is 0 Å². The van der Waals surface area contributed by atoms with Gasteiger partial charge in [-0.25, -0.2) is 9.98 Å². The number of nitrogens with zero attached hydrogens (tertiary/aromatic N) is 3. The second-order valence-electron chi connectivity index (χ2n) is 3.51. The first-order valence-electron chi connectivity index (χ1n) is 5.04. The van der Waals surface area contributed by atoms with Gasteiger partial charge in [0.15, 0.2) is 0 Å². The predicted octanol–water partition coefficient (Wildman–Crippen LogP) is 3.29. The lowest BCUT2D eigenvalue weighted by atomic mass is 10.1. The summed E-state index contributed by atoms with van der Waals surface area (Å²) >= 11 is 0. The van der Waals surface area contributed by atoms with Crippen LogP contribution in [-0.4, -0.2) is 15.8 Å². The zero-order valence-corrected chi connectivity index (χ0v) is 9.51. The first kappa shape index (κ1) is 11.4. The van der Waals surface area contributed by atoms with Gasteiger partial charge in [-0.05, 0) is 18.4 Å². The summed E-state index contributed by atoms with van der Waals surface area (Å²) in [5.41, 5.74) is 1.17. The van der Waals surface area contributed by atoms with E-state index in [0.29, 0.717) is 11.9 Å². The van der Waals surface area contributed by atoms with Crippen molar-refractivity contribution in [2.75, 3.05) is 0 Å².